The summed E-state index contributed by atoms with van der Waals surface area (Å²) in [6.45, 7) is 2.04. The molecule has 2 aliphatic rings. The van der Waals surface area contributed by atoms with Crippen LogP contribution in [0.2, 0.25) is 0 Å². The molecule has 244 valence electrons. The molecule has 3 aromatic rings. The lowest BCUT2D eigenvalue weighted by Gasteiger charge is -2.39. The number of aromatic hydroxyl groups is 2. The lowest BCUT2D eigenvalue weighted by atomic mass is 9.99. The van der Waals surface area contributed by atoms with Crippen LogP contribution in [0.25, 0.3) is 22.3 Å². The Bertz CT molecular complexity index is 1590. The Balaban J connectivity index is 1.56. The van der Waals surface area contributed by atoms with Crippen LogP contribution in [-0.2, 0) is 19.0 Å². The van der Waals surface area contributed by atoms with E-state index in [4.69, 9.17) is 28.1 Å². The third-order valence-corrected chi connectivity index (χ3v) is 7.45. The molecule has 5 rings (SSSR count). The molecule has 8 N–H and O–H groups in total. The van der Waals surface area contributed by atoms with E-state index in [-0.39, 0.29) is 28.4 Å². The Morgan fingerprint density at radius 3 is 2.09 bits per heavy atom. The maximum Gasteiger partial charge on any atom is 0.302 e. The Kier molecular flexibility index (Phi) is 9.20. The minimum atomic E-state index is -1.90. The minimum Gasteiger partial charge on any atom is -0.508 e. The maximum absolute atomic E-state index is 13.8. The number of esters is 1. The van der Waals surface area contributed by atoms with Crippen LogP contribution in [0.3, 0.4) is 0 Å². The smallest absolute Gasteiger partial charge is 0.302 e. The van der Waals surface area contributed by atoms with Crippen LogP contribution < -0.4 is 14.9 Å². The van der Waals surface area contributed by atoms with Gasteiger partial charge in [-0.05, 0) is 31.2 Å². The van der Waals surface area contributed by atoms with E-state index >= 15 is 0 Å². The molecule has 0 unspecified atom stereocenters. The van der Waals surface area contributed by atoms with Gasteiger partial charge in [-0.25, -0.2) is 0 Å². The van der Waals surface area contributed by atoms with Crippen molar-refractivity contribution < 1.29 is 73.7 Å². The van der Waals surface area contributed by atoms with Crippen molar-refractivity contribution in [2.45, 2.75) is 75.3 Å². The molecule has 2 fully saturated rings. The molecule has 3 heterocycles. The van der Waals surface area contributed by atoms with Gasteiger partial charge in [0, 0.05) is 24.6 Å². The normalized spacial score (nSPS) is 31.8. The van der Waals surface area contributed by atoms with Crippen LogP contribution in [0.15, 0.2) is 45.6 Å². The Morgan fingerprint density at radius 1 is 0.822 bits per heavy atom. The number of rotatable bonds is 7. The molecule has 45 heavy (non-hydrogen) atoms. The number of benzene rings is 2. The maximum atomic E-state index is 13.8. The molecule has 0 radical (unpaired) electrons. The van der Waals surface area contributed by atoms with Gasteiger partial charge < -0.3 is 69.0 Å². The number of phenols is 2. The average Bonchev–Trinajstić information content (AvgIpc) is 2.99. The molecule has 10 atom stereocenters. The number of fused-ring (bicyclic) bond motifs is 1. The van der Waals surface area contributed by atoms with Gasteiger partial charge in [0.15, 0.2) is 5.76 Å². The van der Waals surface area contributed by atoms with Gasteiger partial charge in [0.2, 0.25) is 23.8 Å². The highest BCUT2D eigenvalue weighted by Gasteiger charge is 2.46. The number of carbonyl (C=O) groups is 1. The van der Waals surface area contributed by atoms with Crippen molar-refractivity contribution in [2.24, 2.45) is 0 Å². The second-order valence-electron chi connectivity index (χ2n) is 10.7. The molecule has 0 saturated carbocycles. The van der Waals surface area contributed by atoms with Crippen LogP contribution >= 0.6 is 0 Å². The zero-order valence-corrected chi connectivity index (χ0v) is 23.8. The van der Waals surface area contributed by atoms with Crippen molar-refractivity contribution in [2.75, 3.05) is 6.61 Å². The van der Waals surface area contributed by atoms with E-state index in [1.807, 2.05) is 0 Å². The highest BCUT2D eigenvalue weighted by molar-refractivity contribution is 5.88. The average molecular weight is 637 g/mol. The number of hydrogen-bond acceptors (Lipinski definition) is 16. The fraction of sp³-hybridized carbons (Fsp3) is 0.448. The second kappa shape index (κ2) is 12.8. The predicted octanol–water partition coefficient (Wildman–Crippen LogP) is -1.17. The van der Waals surface area contributed by atoms with E-state index < -0.39 is 96.3 Å². The van der Waals surface area contributed by atoms with Gasteiger partial charge in [-0.3, -0.25) is 9.59 Å². The molecule has 2 saturated heterocycles. The van der Waals surface area contributed by atoms with E-state index in [2.05, 4.69) is 0 Å². The van der Waals surface area contributed by atoms with Gasteiger partial charge >= 0.3 is 5.97 Å². The first-order valence-electron chi connectivity index (χ1n) is 13.8. The summed E-state index contributed by atoms with van der Waals surface area (Å²) in [5.74, 6) is -2.55. The standard InChI is InChI=1S/C29H32O16/c1-10-19(33)22(36)24(38)28(41-10)42-14-7-15(32)18-16(8-14)43-26(12-3-5-13(31)6-4-12)27(21(18)35)45-29-25(39)23(37)20(34)17(44-29)9-40-11(2)30/h3-8,10,17,19-20,22-25,28-29,31-34,36-39H,9H2,1-2H3/t10-,17+,19-,20-,22+,23-,24+,25+,28-,29-/m0/s1. The first kappa shape index (κ1) is 32.4. The van der Waals surface area contributed by atoms with Crippen molar-refractivity contribution in [1.29, 1.82) is 0 Å². The van der Waals surface area contributed by atoms with E-state index in [1.54, 1.807) is 0 Å². The van der Waals surface area contributed by atoms with Crippen molar-refractivity contribution in [3.05, 3.63) is 46.6 Å². The van der Waals surface area contributed by atoms with Gasteiger partial charge in [-0.15, -0.1) is 0 Å². The van der Waals surface area contributed by atoms with Crippen LogP contribution in [0.4, 0.5) is 0 Å². The molecule has 2 aromatic carbocycles. The summed E-state index contributed by atoms with van der Waals surface area (Å²) >= 11 is 0. The third kappa shape index (κ3) is 6.40. The van der Waals surface area contributed by atoms with Gasteiger partial charge in [0.05, 0.1) is 6.10 Å². The summed E-state index contributed by atoms with van der Waals surface area (Å²) in [5, 5.41) is 82.0. The minimum absolute atomic E-state index is 0.123. The highest BCUT2D eigenvalue weighted by atomic mass is 16.7. The topological polar surface area (TPSA) is 255 Å². The molecular weight excluding hydrogens is 604 g/mol. The summed E-state index contributed by atoms with van der Waals surface area (Å²) in [7, 11) is 0. The number of ether oxygens (including phenoxy) is 5. The first-order chi connectivity index (χ1) is 21.3. The van der Waals surface area contributed by atoms with Gasteiger partial charge in [0.25, 0.3) is 0 Å². The summed E-state index contributed by atoms with van der Waals surface area (Å²) in [4.78, 5) is 25.1. The van der Waals surface area contributed by atoms with Crippen LogP contribution in [0.5, 0.6) is 23.0 Å². The van der Waals surface area contributed by atoms with Gasteiger partial charge in [-0.2, -0.15) is 0 Å². The molecule has 0 amide bonds. The summed E-state index contributed by atoms with van der Waals surface area (Å²) in [5.41, 5.74) is -1.05. The molecule has 0 aliphatic carbocycles. The SMILES string of the molecule is CC(=O)OC[C@H]1O[C@@H](Oc2c(-c3ccc(O)cc3)oc3cc(O[C@@H]4O[C@@H](C)[C@H](O)[C@@H](O)[C@H]4O)cc(O)c3c2=O)[C@H](O)[C@@H](O)[C@H]1O. The fourth-order valence-electron chi connectivity index (χ4n) is 4.95. The summed E-state index contributed by atoms with van der Waals surface area (Å²) in [6.07, 6.45) is -15.7. The molecular formula is C29H32O16. The molecule has 1 aromatic heterocycles. The van der Waals surface area contributed by atoms with Gasteiger partial charge in [-0.1, -0.05) is 0 Å². The first-order valence-corrected chi connectivity index (χ1v) is 13.8. The van der Waals surface area contributed by atoms with E-state index in [0.717, 1.165) is 13.0 Å². The monoisotopic (exact) mass is 636 g/mol. The lowest BCUT2D eigenvalue weighted by Crippen LogP contribution is -2.60. The van der Waals surface area contributed by atoms with E-state index in [1.165, 1.54) is 37.3 Å². The third-order valence-electron chi connectivity index (χ3n) is 7.45. The summed E-state index contributed by atoms with van der Waals surface area (Å²) in [6, 6.07) is 7.49. The quantitative estimate of drug-likeness (QED) is 0.142. The second-order valence-corrected chi connectivity index (χ2v) is 10.7. The Hall–Kier alpha value is -4.00. The van der Waals surface area contributed by atoms with Crippen LogP contribution in [0.1, 0.15) is 13.8 Å². The van der Waals surface area contributed by atoms with Gasteiger partial charge in [0.1, 0.15) is 77.6 Å². The van der Waals surface area contributed by atoms with Crippen molar-refractivity contribution in [3.63, 3.8) is 0 Å². The Labute approximate surface area is 253 Å². The fourth-order valence-corrected chi connectivity index (χ4v) is 4.95. The lowest BCUT2D eigenvalue weighted by molar-refractivity contribution is -0.278. The largest absolute Gasteiger partial charge is 0.508 e. The molecule has 16 nitrogen and oxygen atoms in total. The number of carbonyl (C=O) groups excluding carboxylic acids is 1. The molecule has 2 aliphatic heterocycles. The van der Waals surface area contributed by atoms with Crippen LogP contribution in [0, 0.1) is 0 Å². The number of aliphatic hydroxyl groups excluding tert-OH is 6. The van der Waals surface area contributed by atoms with Crippen molar-refractivity contribution >= 4 is 16.9 Å². The zero-order chi connectivity index (χ0) is 32.7. The molecule has 16 heteroatoms. The molecule has 0 bridgehead atoms. The number of hydrogen-bond donors (Lipinski definition) is 8. The summed E-state index contributed by atoms with van der Waals surface area (Å²) < 4.78 is 33.1. The molecule has 0 spiro atoms. The van der Waals surface area contributed by atoms with Crippen molar-refractivity contribution in [1.82, 2.24) is 0 Å². The Morgan fingerprint density at radius 2 is 1.44 bits per heavy atom. The number of phenolic OH excluding ortho intramolecular Hbond substituents is 2. The van der Waals surface area contributed by atoms with E-state index in [9.17, 15) is 50.4 Å². The van der Waals surface area contributed by atoms with E-state index in [0.29, 0.717) is 0 Å². The highest BCUT2D eigenvalue weighted by Crippen LogP contribution is 2.38. The predicted molar refractivity (Wildman–Crippen MR) is 148 cm³/mol. The number of aliphatic hydroxyl groups is 6. The zero-order valence-electron chi connectivity index (χ0n) is 23.8. The van der Waals surface area contributed by atoms with Crippen LogP contribution in [-0.4, -0.2) is 115 Å². The van der Waals surface area contributed by atoms with Crippen molar-refractivity contribution in [3.8, 4) is 34.3 Å².